The van der Waals surface area contributed by atoms with Crippen LogP contribution in [-0.4, -0.2) is 42.3 Å². The highest BCUT2D eigenvalue weighted by molar-refractivity contribution is 5.85. The maximum absolute atomic E-state index is 5.77. The topological polar surface area (TPSA) is 64.3 Å². The molecule has 2 heterocycles. The van der Waals surface area contributed by atoms with Gasteiger partial charge in [0.05, 0.1) is 18.0 Å². The molecule has 5 nitrogen and oxygen atoms in total. The first kappa shape index (κ1) is 17.4. The number of nitrogens with zero attached hydrogens (tertiary/aromatic N) is 3. The Hall–Kier alpha value is -0.620. The van der Waals surface area contributed by atoms with Crippen LogP contribution in [0.15, 0.2) is 12.4 Å². The van der Waals surface area contributed by atoms with Gasteiger partial charge in [0.25, 0.3) is 0 Å². The summed E-state index contributed by atoms with van der Waals surface area (Å²) in [6.07, 6.45) is 4.75. The molecule has 0 aliphatic carbocycles. The van der Waals surface area contributed by atoms with Gasteiger partial charge in [-0.15, -0.1) is 24.8 Å². The Morgan fingerprint density at radius 2 is 2.17 bits per heavy atom. The standard InChI is InChI=1S/C11H18N4O.2ClH/c1-8-5-13-6-11(14-8)15-7-10(16-2)3-9(15)4-12;;/h5-6,9-10H,3-4,7,12H2,1-2H3;2*1H. The zero-order chi connectivity index (χ0) is 11.5. The number of ether oxygens (including phenoxy) is 1. The summed E-state index contributed by atoms with van der Waals surface area (Å²) in [6.45, 7) is 3.41. The third-order valence-corrected chi connectivity index (χ3v) is 3.02. The Bertz CT molecular complexity index is 367. The number of halogens is 2. The lowest BCUT2D eigenvalue weighted by Crippen LogP contribution is -2.36. The minimum Gasteiger partial charge on any atom is -0.380 e. The Kier molecular flexibility index (Phi) is 7.47. The summed E-state index contributed by atoms with van der Waals surface area (Å²) in [7, 11) is 1.74. The van der Waals surface area contributed by atoms with Crippen molar-refractivity contribution in [3.63, 3.8) is 0 Å². The zero-order valence-electron chi connectivity index (χ0n) is 10.6. The summed E-state index contributed by atoms with van der Waals surface area (Å²) in [5.74, 6) is 0.898. The third-order valence-electron chi connectivity index (χ3n) is 3.02. The molecule has 1 aromatic heterocycles. The lowest BCUT2D eigenvalue weighted by molar-refractivity contribution is 0.118. The van der Waals surface area contributed by atoms with Gasteiger partial charge in [0.2, 0.25) is 0 Å². The van der Waals surface area contributed by atoms with Gasteiger partial charge in [-0.1, -0.05) is 0 Å². The molecule has 0 aromatic carbocycles. The predicted molar refractivity (Wildman–Crippen MR) is 76.9 cm³/mol. The molecule has 2 N–H and O–H groups in total. The van der Waals surface area contributed by atoms with Gasteiger partial charge >= 0.3 is 0 Å². The number of nitrogens with two attached hydrogens (primary N) is 1. The summed E-state index contributed by atoms with van der Waals surface area (Å²) in [6, 6.07) is 0.307. The molecular formula is C11H20Cl2N4O. The van der Waals surface area contributed by atoms with E-state index in [0.29, 0.717) is 12.6 Å². The molecule has 18 heavy (non-hydrogen) atoms. The van der Waals surface area contributed by atoms with Gasteiger partial charge in [-0.3, -0.25) is 4.98 Å². The number of aryl methyl sites for hydroxylation is 1. The SMILES string of the molecule is COC1CC(CN)N(c2cncc(C)n2)C1.Cl.Cl. The first-order valence-corrected chi connectivity index (χ1v) is 5.52. The zero-order valence-corrected chi connectivity index (χ0v) is 12.2. The minimum atomic E-state index is 0. The van der Waals surface area contributed by atoms with Gasteiger partial charge in [-0.25, -0.2) is 4.98 Å². The van der Waals surface area contributed by atoms with Crippen molar-refractivity contribution in [3.05, 3.63) is 18.1 Å². The van der Waals surface area contributed by atoms with E-state index in [4.69, 9.17) is 10.5 Å². The number of anilines is 1. The summed E-state index contributed by atoms with van der Waals surface area (Å²) in [4.78, 5) is 10.8. The number of aromatic nitrogens is 2. The number of hydrogen-bond acceptors (Lipinski definition) is 5. The maximum atomic E-state index is 5.77. The molecule has 1 fully saturated rings. The molecule has 1 aliphatic heterocycles. The van der Waals surface area contributed by atoms with Crippen LogP contribution in [0.2, 0.25) is 0 Å². The van der Waals surface area contributed by atoms with Gasteiger partial charge in [0.1, 0.15) is 5.82 Å². The molecule has 7 heteroatoms. The monoisotopic (exact) mass is 294 g/mol. The van der Waals surface area contributed by atoms with Crippen LogP contribution in [0.1, 0.15) is 12.1 Å². The van der Waals surface area contributed by atoms with E-state index in [9.17, 15) is 0 Å². The molecule has 1 aliphatic rings. The average molecular weight is 295 g/mol. The van der Waals surface area contributed by atoms with E-state index in [1.54, 1.807) is 19.5 Å². The molecule has 2 atom stereocenters. The van der Waals surface area contributed by atoms with E-state index >= 15 is 0 Å². The smallest absolute Gasteiger partial charge is 0.147 e. The highest BCUT2D eigenvalue weighted by Gasteiger charge is 2.32. The van der Waals surface area contributed by atoms with E-state index in [0.717, 1.165) is 24.5 Å². The summed E-state index contributed by atoms with van der Waals surface area (Å²) in [5, 5.41) is 0. The molecular weight excluding hydrogens is 275 g/mol. The minimum absolute atomic E-state index is 0. The van der Waals surface area contributed by atoms with Crippen LogP contribution < -0.4 is 10.6 Å². The van der Waals surface area contributed by atoms with Crippen molar-refractivity contribution in [2.45, 2.75) is 25.5 Å². The van der Waals surface area contributed by atoms with E-state index in [1.807, 2.05) is 6.92 Å². The maximum Gasteiger partial charge on any atom is 0.147 e. The quantitative estimate of drug-likeness (QED) is 0.907. The molecule has 2 rings (SSSR count). The van der Waals surface area contributed by atoms with Gasteiger partial charge in [-0.05, 0) is 13.3 Å². The highest BCUT2D eigenvalue weighted by Crippen LogP contribution is 2.24. The van der Waals surface area contributed by atoms with Gasteiger partial charge in [-0.2, -0.15) is 0 Å². The molecule has 2 unspecified atom stereocenters. The van der Waals surface area contributed by atoms with Crippen LogP contribution in [-0.2, 0) is 4.74 Å². The molecule has 0 saturated carbocycles. The molecule has 1 saturated heterocycles. The fourth-order valence-electron chi connectivity index (χ4n) is 2.14. The molecule has 0 bridgehead atoms. The van der Waals surface area contributed by atoms with Crippen molar-refractivity contribution in [2.24, 2.45) is 5.73 Å². The third kappa shape index (κ3) is 3.68. The Labute approximate surface area is 120 Å². The van der Waals surface area contributed by atoms with Crippen LogP contribution >= 0.6 is 24.8 Å². The van der Waals surface area contributed by atoms with Crippen molar-refractivity contribution in [2.75, 3.05) is 25.1 Å². The van der Waals surface area contributed by atoms with E-state index in [2.05, 4.69) is 14.9 Å². The van der Waals surface area contributed by atoms with Crippen molar-refractivity contribution < 1.29 is 4.74 Å². The van der Waals surface area contributed by atoms with Crippen molar-refractivity contribution in [1.82, 2.24) is 9.97 Å². The highest BCUT2D eigenvalue weighted by atomic mass is 35.5. The average Bonchev–Trinajstić information content (AvgIpc) is 2.72. The number of rotatable bonds is 3. The van der Waals surface area contributed by atoms with Crippen molar-refractivity contribution in [1.29, 1.82) is 0 Å². The first-order valence-electron chi connectivity index (χ1n) is 5.52. The van der Waals surface area contributed by atoms with E-state index in [-0.39, 0.29) is 30.9 Å². The molecule has 0 spiro atoms. The summed E-state index contributed by atoms with van der Waals surface area (Å²) in [5.41, 5.74) is 6.70. The Balaban J connectivity index is 0.00000144. The van der Waals surface area contributed by atoms with Crippen LogP contribution in [0.3, 0.4) is 0 Å². The second-order valence-electron chi connectivity index (χ2n) is 4.15. The molecule has 0 amide bonds. The second-order valence-corrected chi connectivity index (χ2v) is 4.15. The van der Waals surface area contributed by atoms with Crippen molar-refractivity contribution in [3.8, 4) is 0 Å². The Morgan fingerprint density at radius 1 is 1.44 bits per heavy atom. The lowest BCUT2D eigenvalue weighted by atomic mass is 10.2. The van der Waals surface area contributed by atoms with Crippen LogP contribution in [0.5, 0.6) is 0 Å². The molecule has 104 valence electrons. The Morgan fingerprint density at radius 3 is 2.72 bits per heavy atom. The molecule has 1 aromatic rings. The molecule has 0 radical (unpaired) electrons. The number of methoxy groups -OCH3 is 1. The lowest BCUT2D eigenvalue weighted by Gasteiger charge is -2.23. The first-order chi connectivity index (χ1) is 7.74. The largest absolute Gasteiger partial charge is 0.380 e. The van der Waals surface area contributed by atoms with Crippen LogP contribution in [0, 0.1) is 6.92 Å². The predicted octanol–water partition coefficient (Wildman–Crippen LogP) is 1.18. The second kappa shape index (κ2) is 7.74. The number of hydrogen-bond donors (Lipinski definition) is 1. The van der Waals surface area contributed by atoms with Crippen molar-refractivity contribution >= 4 is 30.6 Å². The van der Waals surface area contributed by atoms with E-state index < -0.39 is 0 Å². The van der Waals surface area contributed by atoms with Crippen LogP contribution in [0.25, 0.3) is 0 Å². The summed E-state index contributed by atoms with van der Waals surface area (Å²) < 4.78 is 5.38. The normalized spacial score (nSPS) is 22.3. The summed E-state index contributed by atoms with van der Waals surface area (Å²) >= 11 is 0. The van der Waals surface area contributed by atoms with E-state index in [1.165, 1.54) is 0 Å². The fraction of sp³-hybridized carbons (Fsp3) is 0.636. The fourth-order valence-corrected chi connectivity index (χ4v) is 2.14. The van der Waals surface area contributed by atoms with Gasteiger partial charge in [0.15, 0.2) is 0 Å². The van der Waals surface area contributed by atoms with Gasteiger partial charge < -0.3 is 15.4 Å². The van der Waals surface area contributed by atoms with Gasteiger partial charge in [0, 0.05) is 32.4 Å². The van der Waals surface area contributed by atoms with Crippen LogP contribution in [0.4, 0.5) is 5.82 Å².